The number of amides is 1. The van der Waals surface area contributed by atoms with Crippen molar-refractivity contribution in [3.8, 4) is 0 Å². The van der Waals surface area contributed by atoms with Crippen molar-refractivity contribution in [1.82, 2.24) is 0 Å². The standard InChI is InChI=1S/C23H22F4N2O4/c1-15(33-21(30)9-4-16-2-6-18(24)7-3-16)22(31)28-19-14-17(23(25,26)27)5-8-20(19)29-10-12-32-13-11-29/h2-9,14-15H,10-13H2,1H3,(H,28,31)/b9-4+. The van der Waals surface area contributed by atoms with Crippen LogP contribution in [-0.4, -0.2) is 44.3 Å². The third-order valence-corrected chi connectivity index (χ3v) is 4.88. The molecule has 0 saturated carbocycles. The third kappa shape index (κ3) is 6.79. The van der Waals surface area contributed by atoms with Gasteiger partial charge >= 0.3 is 12.1 Å². The summed E-state index contributed by atoms with van der Waals surface area (Å²) in [6.45, 7) is 3.02. The summed E-state index contributed by atoms with van der Waals surface area (Å²) in [4.78, 5) is 26.4. The zero-order valence-electron chi connectivity index (χ0n) is 17.7. The van der Waals surface area contributed by atoms with E-state index < -0.39 is 35.5 Å². The number of nitrogens with one attached hydrogen (secondary N) is 1. The number of benzene rings is 2. The maximum absolute atomic E-state index is 13.2. The Labute approximate surface area is 187 Å². The number of carbonyl (C=O) groups is 2. The van der Waals surface area contributed by atoms with Crippen molar-refractivity contribution in [2.24, 2.45) is 0 Å². The van der Waals surface area contributed by atoms with E-state index in [1.54, 1.807) is 4.90 Å². The molecule has 0 aliphatic carbocycles. The summed E-state index contributed by atoms with van der Waals surface area (Å²) in [6, 6.07) is 8.46. The number of rotatable bonds is 6. The summed E-state index contributed by atoms with van der Waals surface area (Å²) in [5, 5.41) is 2.44. The van der Waals surface area contributed by atoms with Gasteiger partial charge < -0.3 is 19.7 Å². The van der Waals surface area contributed by atoms with E-state index >= 15 is 0 Å². The summed E-state index contributed by atoms with van der Waals surface area (Å²) in [7, 11) is 0. The van der Waals surface area contributed by atoms with Crippen LogP contribution in [0, 0.1) is 5.82 Å². The van der Waals surface area contributed by atoms with Gasteiger partial charge in [-0.2, -0.15) is 13.2 Å². The smallest absolute Gasteiger partial charge is 0.416 e. The number of anilines is 2. The van der Waals surface area contributed by atoms with Crippen molar-refractivity contribution in [2.75, 3.05) is 36.5 Å². The van der Waals surface area contributed by atoms with Gasteiger partial charge in [-0.05, 0) is 48.9 Å². The van der Waals surface area contributed by atoms with Crippen molar-refractivity contribution in [1.29, 1.82) is 0 Å². The lowest BCUT2D eigenvalue weighted by Crippen LogP contribution is -2.37. The van der Waals surface area contributed by atoms with Crippen LogP contribution in [0.5, 0.6) is 0 Å². The van der Waals surface area contributed by atoms with Gasteiger partial charge in [-0.25, -0.2) is 9.18 Å². The van der Waals surface area contributed by atoms with Crippen molar-refractivity contribution in [3.05, 3.63) is 65.5 Å². The molecule has 1 aliphatic heterocycles. The average molecular weight is 466 g/mol. The first-order valence-electron chi connectivity index (χ1n) is 10.1. The van der Waals surface area contributed by atoms with Crippen molar-refractivity contribution in [2.45, 2.75) is 19.2 Å². The highest BCUT2D eigenvalue weighted by Gasteiger charge is 2.32. The fourth-order valence-corrected chi connectivity index (χ4v) is 3.13. The number of esters is 1. The summed E-state index contributed by atoms with van der Waals surface area (Å²) < 4.78 is 62.9. The second-order valence-corrected chi connectivity index (χ2v) is 7.28. The number of alkyl halides is 3. The van der Waals surface area contributed by atoms with Crippen molar-refractivity contribution < 1.29 is 36.6 Å². The Kier molecular flexibility index (Phi) is 7.70. The molecule has 1 N–H and O–H groups in total. The first-order valence-corrected chi connectivity index (χ1v) is 10.1. The van der Waals surface area contributed by atoms with Gasteiger partial charge in [0.05, 0.1) is 30.2 Å². The number of nitrogens with zero attached hydrogens (tertiary/aromatic N) is 1. The van der Waals surface area contributed by atoms with Gasteiger partial charge in [0.15, 0.2) is 6.10 Å². The monoisotopic (exact) mass is 466 g/mol. The number of hydrogen-bond acceptors (Lipinski definition) is 5. The molecule has 1 fully saturated rings. The second-order valence-electron chi connectivity index (χ2n) is 7.28. The van der Waals surface area contributed by atoms with E-state index in [0.717, 1.165) is 18.2 Å². The first-order chi connectivity index (χ1) is 15.6. The lowest BCUT2D eigenvalue weighted by molar-refractivity contribution is -0.148. The highest BCUT2D eigenvalue weighted by atomic mass is 19.4. The highest BCUT2D eigenvalue weighted by Crippen LogP contribution is 2.35. The topological polar surface area (TPSA) is 67.9 Å². The fraction of sp³-hybridized carbons (Fsp3) is 0.304. The summed E-state index contributed by atoms with van der Waals surface area (Å²) >= 11 is 0. The molecule has 176 valence electrons. The highest BCUT2D eigenvalue weighted by molar-refractivity contribution is 5.99. The van der Waals surface area contributed by atoms with Gasteiger partial charge in [-0.3, -0.25) is 4.79 Å². The predicted octanol–water partition coefficient (Wildman–Crippen LogP) is 4.26. The number of ether oxygens (including phenoxy) is 2. The van der Waals surface area contributed by atoms with Crippen LogP contribution in [-0.2, 0) is 25.2 Å². The molecule has 0 radical (unpaired) electrons. The lowest BCUT2D eigenvalue weighted by Gasteiger charge is -2.31. The second kappa shape index (κ2) is 10.5. The van der Waals surface area contributed by atoms with Gasteiger partial charge in [-0.15, -0.1) is 0 Å². The van der Waals surface area contributed by atoms with Crippen LogP contribution in [0.15, 0.2) is 48.5 Å². The van der Waals surface area contributed by atoms with Crippen LogP contribution in [0.1, 0.15) is 18.1 Å². The Balaban J connectivity index is 1.70. The molecule has 1 aliphatic rings. The molecular formula is C23H22F4N2O4. The molecule has 0 bridgehead atoms. The van der Waals surface area contributed by atoms with E-state index in [9.17, 15) is 27.2 Å². The molecular weight excluding hydrogens is 444 g/mol. The van der Waals surface area contributed by atoms with E-state index in [1.807, 2.05) is 0 Å². The zero-order chi connectivity index (χ0) is 24.0. The van der Waals surface area contributed by atoms with Gasteiger partial charge in [0.1, 0.15) is 5.82 Å². The zero-order valence-corrected chi connectivity index (χ0v) is 17.7. The molecule has 1 atom stereocenters. The molecule has 0 spiro atoms. The largest absolute Gasteiger partial charge is 0.449 e. The SMILES string of the molecule is CC(OC(=O)/C=C/c1ccc(F)cc1)C(=O)Nc1cc(C(F)(F)F)ccc1N1CCOCC1. The van der Waals surface area contributed by atoms with Crippen LogP contribution in [0.25, 0.3) is 6.08 Å². The molecule has 10 heteroatoms. The van der Waals surface area contributed by atoms with Crippen LogP contribution in [0.3, 0.4) is 0 Å². The quantitative estimate of drug-likeness (QED) is 0.392. The molecule has 2 aromatic carbocycles. The molecule has 2 aromatic rings. The van der Waals surface area contributed by atoms with E-state index in [2.05, 4.69) is 5.32 Å². The Morgan fingerprint density at radius 3 is 2.42 bits per heavy atom. The molecule has 33 heavy (non-hydrogen) atoms. The molecule has 0 aromatic heterocycles. The molecule has 1 amide bonds. The van der Waals surface area contributed by atoms with E-state index in [-0.39, 0.29) is 5.69 Å². The fourth-order valence-electron chi connectivity index (χ4n) is 3.13. The molecule has 3 rings (SSSR count). The van der Waals surface area contributed by atoms with E-state index in [0.29, 0.717) is 37.6 Å². The van der Waals surface area contributed by atoms with Crippen molar-refractivity contribution >= 4 is 29.3 Å². The number of hydrogen-bond donors (Lipinski definition) is 1. The summed E-state index contributed by atoms with van der Waals surface area (Å²) in [5.74, 6) is -2.04. The minimum absolute atomic E-state index is 0.0403. The molecule has 6 nitrogen and oxygen atoms in total. The van der Waals surface area contributed by atoms with Crippen LogP contribution >= 0.6 is 0 Å². The summed E-state index contributed by atoms with van der Waals surface area (Å²) in [6.07, 6.45) is -3.41. The molecule has 1 heterocycles. The Morgan fingerprint density at radius 2 is 1.79 bits per heavy atom. The minimum atomic E-state index is -4.59. The normalized spacial score (nSPS) is 15.4. The molecule has 1 saturated heterocycles. The number of carbonyl (C=O) groups excluding carboxylic acids is 2. The van der Waals surface area contributed by atoms with E-state index in [1.165, 1.54) is 43.3 Å². The predicted molar refractivity (Wildman–Crippen MR) is 114 cm³/mol. The van der Waals surface area contributed by atoms with Crippen molar-refractivity contribution in [3.63, 3.8) is 0 Å². The Hall–Kier alpha value is -3.40. The third-order valence-electron chi connectivity index (χ3n) is 4.88. The number of halogens is 4. The van der Waals surface area contributed by atoms with Gasteiger partial charge in [0.2, 0.25) is 0 Å². The van der Waals surface area contributed by atoms with Gasteiger partial charge in [-0.1, -0.05) is 12.1 Å². The first kappa shape index (κ1) is 24.2. The van der Waals surface area contributed by atoms with Gasteiger partial charge in [0.25, 0.3) is 5.91 Å². The average Bonchev–Trinajstić information content (AvgIpc) is 2.78. The summed E-state index contributed by atoms with van der Waals surface area (Å²) in [5.41, 5.74) is 0.00196. The van der Waals surface area contributed by atoms with Gasteiger partial charge in [0, 0.05) is 19.2 Å². The van der Waals surface area contributed by atoms with E-state index in [4.69, 9.17) is 9.47 Å². The van der Waals surface area contributed by atoms with Crippen LogP contribution in [0.4, 0.5) is 28.9 Å². The Morgan fingerprint density at radius 1 is 1.12 bits per heavy atom. The maximum Gasteiger partial charge on any atom is 0.416 e. The Bertz CT molecular complexity index is 1020. The maximum atomic E-state index is 13.2. The lowest BCUT2D eigenvalue weighted by atomic mass is 10.1. The van der Waals surface area contributed by atoms with Crippen LogP contribution in [0.2, 0.25) is 0 Å². The van der Waals surface area contributed by atoms with Crippen LogP contribution < -0.4 is 10.2 Å². The molecule has 1 unspecified atom stereocenters. The minimum Gasteiger partial charge on any atom is -0.449 e. The number of morpholine rings is 1.